The average Bonchev–Trinajstić information content (AvgIpc) is 2.47. The number of carbonyl (C=O) groups is 1. The second kappa shape index (κ2) is 6.34. The van der Waals surface area contributed by atoms with Gasteiger partial charge in [-0.25, -0.2) is 0 Å². The van der Waals surface area contributed by atoms with Crippen molar-refractivity contribution in [2.24, 2.45) is 5.73 Å². The highest BCUT2D eigenvalue weighted by atomic mass is 16.1. The zero-order valence-corrected chi connectivity index (χ0v) is 10.3. The fraction of sp³-hybridized carbons (Fsp3) is 0.0667. The predicted molar refractivity (Wildman–Crippen MR) is 74.6 cm³/mol. The van der Waals surface area contributed by atoms with E-state index in [9.17, 15) is 4.79 Å². The van der Waals surface area contributed by atoms with Crippen LogP contribution in [-0.4, -0.2) is 17.4 Å². The SMILES string of the molecule is NCC#Cc1ccccc1NC(=O)c1cccnc1. The highest BCUT2D eigenvalue weighted by Crippen LogP contribution is 2.14. The van der Waals surface area contributed by atoms with Crippen LogP contribution < -0.4 is 11.1 Å². The second-order valence-electron chi connectivity index (χ2n) is 3.75. The number of benzene rings is 1. The Morgan fingerprint density at radius 2 is 2.11 bits per heavy atom. The van der Waals surface area contributed by atoms with Gasteiger partial charge >= 0.3 is 0 Å². The monoisotopic (exact) mass is 251 g/mol. The Bertz CT molecular complexity index is 627. The van der Waals surface area contributed by atoms with Crippen LogP contribution in [0.2, 0.25) is 0 Å². The molecule has 0 unspecified atom stereocenters. The molecule has 2 rings (SSSR count). The number of hydrogen-bond acceptors (Lipinski definition) is 3. The van der Waals surface area contributed by atoms with Crippen LogP contribution in [0.15, 0.2) is 48.8 Å². The minimum atomic E-state index is -0.213. The zero-order valence-electron chi connectivity index (χ0n) is 10.3. The van der Waals surface area contributed by atoms with Crippen LogP contribution in [0.5, 0.6) is 0 Å². The fourth-order valence-electron chi connectivity index (χ4n) is 1.54. The summed E-state index contributed by atoms with van der Waals surface area (Å²) in [6.07, 6.45) is 3.14. The van der Waals surface area contributed by atoms with Crippen molar-refractivity contribution in [3.05, 3.63) is 59.9 Å². The van der Waals surface area contributed by atoms with Crippen molar-refractivity contribution in [2.75, 3.05) is 11.9 Å². The Labute approximate surface area is 111 Å². The molecule has 94 valence electrons. The summed E-state index contributed by atoms with van der Waals surface area (Å²) < 4.78 is 0. The fourth-order valence-corrected chi connectivity index (χ4v) is 1.54. The first-order valence-electron chi connectivity index (χ1n) is 5.80. The lowest BCUT2D eigenvalue weighted by Gasteiger charge is -2.06. The summed E-state index contributed by atoms with van der Waals surface area (Å²) >= 11 is 0. The maximum absolute atomic E-state index is 12.0. The number of para-hydroxylation sites is 1. The number of anilines is 1. The number of carbonyl (C=O) groups excluding carboxylic acids is 1. The number of pyridine rings is 1. The minimum Gasteiger partial charge on any atom is -0.321 e. The first-order chi connectivity index (χ1) is 9.31. The molecule has 1 heterocycles. The molecule has 1 aromatic carbocycles. The third-order valence-corrected chi connectivity index (χ3v) is 2.42. The van der Waals surface area contributed by atoms with E-state index in [0.29, 0.717) is 11.3 Å². The lowest BCUT2D eigenvalue weighted by Crippen LogP contribution is -2.12. The van der Waals surface area contributed by atoms with Gasteiger partial charge in [-0.3, -0.25) is 9.78 Å². The first kappa shape index (κ1) is 12.8. The molecule has 4 nitrogen and oxygen atoms in total. The van der Waals surface area contributed by atoms with Gasteiger partial charge in [0.1, 0.15) is 0 Å². The largest absolute Gasteiger partial charge is 0.321 e. The van der Waals surface area contributed by atoms with Crippen molar-refractivity contribution < 1.29 is 4.79 Å². The Hall–Kier alpha value is -2.64. The second-order valence-corrected chi connectivity index (χ2v) is 3.75. The molecule has 0 fully saturated rings. The maximum Gasteiger partial charge on any atom is 0.257 e. The van der Waals surface area contributed by atoms with Gasteiger partial charge in [0.05, 0.1) is 17.8 Å². The molecule has 3 N–H and O–H groups in total. The van der Waals surface area contributed by atoms with E-state index in [1.165, 1.54) is 6.20 Å². The van der Waals surface area contributed by atoms with Gasteiger partial charge < -0.3 is 11.1 Å². The van der Waals surface area contributed by atoms with E-state index in [1.54, 1.807) is 24.4 Å². The lowest BCUT2D eigenvalue weighted by molar-refractivity contribution is 0.102. The van der Waals surface area contributed by atoms with Gasteiger partial charge in [0.15, 0.2) is 0 Å². The molecule has 0 atom stereocenters. The van der Waals surface area contributed by atoms with E-state index in [2.05, 4.69) is 22.1 Å². The molecule has 0 aliphatic carbocycles. The third-order valence-electron chi connectivity index (χ3n) is 2.42. The van der Waals surface area contributed by atoms with Crippen LogP contribution in [-0.2, 0) is 0 Å². The van der Waals surface area contributed by atoms with Gasteiger partial charge in [0.25, 0.3) is 5.91 Å². The molecule has 0 saturated carbocycles. The van der Waals surface area contributed by atoms with Gasteiger partial charge in [-0.15, -0.1) is 0 Å². The first-order valence-corrected chi connectivity index (χ1v) is 5.80. The molecule has 0 radical (unpaired) electrons. The Kier molecular flexibility index (Phi) is 4.27. The number of aromatic nitrogens is 1. The van der Waals surface area contributed by atoms with E-state index in [-0.39, 0.29) is 12.5 Å². The Morgan fingerprint density at radius 1 is 1.26 bits per heavy atom. The molecular formula is C15H13N3O. The van der Waals surface area contributed by atoms with Crippen LogP contribution in [0, 0.1) is 11.8 Å². The quantitative estimate of drug-likeness (QED) is 0.797. The van der Waals surface area contributed by atoms with Crippen LogP contribution in [0.1, 0.15) is 15.9 Å². The normalized spacial score (nSPS) is 9.32. The van der Waals surface area contributed by atoms with Crippen molar-refractivity contribution in [3.63, 3.8) is 0 Å². The van der Waals surface area contributed by atoms with Gasteiger partial charge in [-0.1, -0.05) is 24.0 Å². The molecule has 19 heavy (non-hydrogen) atoms. The maximum atomic E-state index is 12.0. The summed E-state index contributed by atoms with van der Waals surface area (Å²) in [5.74, 6) is 5.48. The Morgan fingerprint density at radius 3 is 2.84 bits per heavy atom. The van der Waals surface area contributed by atoms with Gasteiger partial charge in [-0.05, 0) is 24.3 Å². The van der Waals surface area contributed by atoms with Crippen LogP contribution in [0.3, 0.4) is 0 Å². The van der Waals surface area contributed by atoms with E-state index in [4.69, 9.17) is 5.73 Å². The highest BCUT2D eigenvalue weighted by molar-refractivity contribution is 6.04. The van der Waals surface area contributed by atoms with E-state index in [1.807, 2.05) is 18.2 Å². The van der Waals surface area contributed by atoms with Crippen molar-refractivity contribution in [2.45, 2.75) is 0 Å². The summed E-state index contributed by atoms with van der Waals surface area (Å²) in [6.45, 7) is 0.283. The number of amides is 1. The van der Waals surface area contributed by atoms with Crippen molar-refractivity contribution in [3.8, 4) is 11.8 Å². The van der Waals surface area contributed by atoms with Crippen molar-refractivity contribution in [1.29, 1.82) is 0 Å². The van der Waals surface area contributed by atoms with Gasteiger partial charge in [0.2, 0.25) is 0 Å². The lowest BCUT2D eigenvalue weighted by atomic mass is 10.1. The van der Waals surface area contributed by atoms with Crippen LogP contribution >= 0.6 is 0 Å². The molecule has 0 saturated heterocycles. The van der Waals surface area contributed by atoms with E-state index in [0.717, 1.165) is 5.56 Å². The number of nitrogens with two attached hydrogens (primary N) is 1. The highest BCUT2D eigenvalue weighted by Gasteiger charge is 2.07. The van der Waals surface area contributed by atoms with Crippen LogP contribution in [0.25, 0.3) is 0 Å². The van der Waals surface area contributed by atoms with E-state index >= 15 is 0 Å². The molecule has 0 bridgehead atoms. The topological polar surface area (TPSA) is 68.0 Å². The number of rotatable bonds is 2. The smallest absolute Gasteiger partial charge is 0.257 e. The molecular weight excluding hydrogens is 238 g/mol. The number of nitrogens with one attached hydrogen (secondary N) is 1. The van der Waals surface area contributed by atoms with Gasteiger partial charge in [0, 0.05) is 18.0 Å². The third kappa shape index (κ3) is 3.41. The average molecular weight is 251 g/mol. The summed E-state index contributed by atoms with van der Waals surface area (Å²) in [6, 6.07) is 10.8. The van der Waals surface area contributed by atoms with Crippen molar-refractivity contribution in [1.82, 2.24) is 4.98 Å². The van der Waals surface area contributed by atoms with E-state index < -0.39 is 0 Å². The van der Waals surface area contributed by atoms with Gasteiger partial charge in [-0.2, -0.15) is 0 Å². The summed E-state index contributed by atoms with van der Waals surface area (Å²) in [4.78, 5) is 15.9. The number of nitrogens with zero attached hydrogens (tertiary/aromatic N) is 1. The summed E-state index contributed by atoms with van der Waals surface area (Å²) in [5, 5.41) is 2.81. The Balaban J connectivity index is 2.22. The number of hydrogen-bond donors (Lipinski definition) is 2. The summed E-state index contributed by atoms with van der Waals surface area (Å²) in [7, 11) is 0. The molecule has 1 aromatic heterocycles. The molecule has 0 aliphatic heterocycles. The molecule has 1 amide bonds. The van der Waals surface area contributed by atoms with Crippen molar-refractivity contribution >= 4 is 11.6 Å². The standard InChI is InChI=1S/C15H13N3O/c16-9-3-6-12-5-1-2-8-14(12)18-15(19)13-7-4-10-17-11-13/h1-2,4-5,7-8,10-11H,9,16H2,(H,18,19). The minimum absolute atomic E-state index is 0.213. The summed E-state index contributed by atoms with van der Waals surface area (Å²) in [5.41, 5.74) is 7.26. The van der Waals surface area contributed by atoms with Crippen LogP contribution in [0.4, 0.5) is 5.69 Å². The predicted octanol–water partition coefficient (Wildman–Crippen LogP) is 1.64. The molecule has 0 aliphatic rings. The molecule has 4 heteroatoms. The molecule has 2 aromatic rings. The molecule has 0 spiro atoms. The zero-order chi connectivity index (χ0) is 13.5.